The molecule has 0 spiro atoms. The van der Waals surface area contributed by atoms with E-state index in [0.29, 0.717) is 19.4 Å². The van der Waals surface area contributed by atoms with Crippen molar-refractivity contribution in [3.8, 4) is 0 Å². The maximum atomic E-state index is 12.7. The first-order valence-corrected chi connectivity index (χ1v) is 10.2. The van der Waals surface area contributed by atoms with Crippen molar-refractivity contribution in [1.82, 2.24) is 10.2 Å². The third-order valence-corrected chi connectivity index (χ3v) is 4.92. The Hall–Kier alpha value is -3.43. The Morgan fingerprint density at radius 1 is 1.12 bits per heavy atom. The van der Waals surface area contributed by atoms with Crippen LogP contribution in [0.25, 0.3) is 0 Å². The van der Waals surface area contributed by atoms with Crippen LogP contribution in [0, 0.1) is 5.41 Å². The zero-order valence-electron chi connectivity index (χ0n) is 18.5. The number of carboxylic acid groups (broad SMARTS) is 1. The third-order valence-electron chi connectivity index (χ3n) is 4.92. The van der Waals surface area contributed by atoms with Crippen LogP contribution in [0.1, 0.15) is 61.3 Å². The van der Waals surface area contributed by atoms with Gasteiger partial charge in [-0.15, -0.1) is 0 Å². The SMILES string of the molecule is C[C@H](NC(=O)c1ccccc1C(=O)OCOC(=O)C(C)(C)C)C(=O)N1CCC[C@H]1C(=O)O. The van der Waals surface area contributed by atoms with Gasteiger partial charge in [0.05, 0.1) is 16.5 Å². The molecule has 1 aliphatic heterocycles. The second-order valence-corrected chi connectivity index (χ2v) is 8.50. The Bertz CT molecular complexity index is 905. The van der Waals surface area contributed by atoms with Gasteiger partial charge in [0.2, 0.25) is 12.7 Å². The van der Waals surface area contributed by atoms with E-state index >= 15 is 0 Å². The molecule has 2 N–H and O–H groups in total. The first-order valence-electron chi connectivity index (χ1n) is 10.2. The molecule has 0 saturated carbocycles. The number of carboxylic acids is 1. The minimum absolute atomic E-state index is 0.0319. The lowest BCUT2D eigenvalue weighted by molar-refractivity contribution is -0.161. The summed E-state index contributed by atoms with van der Waals surface area (Å²) >= 11 is 0. The highest BCUT2D eigenvalue weighted by Gasteiger charge is 2.36. The van der Waals surface area contributed by atoms with Crippen molar-refractivity contribution in [3.63, 3.8) is 0 Å². The van der Waals surface area contributed by atoms with Gasteiger partial charge in [-0.3, -0.25) is 14.4 Å². The summed E-state index contributed by atoms with van der Waals surface area (Å²) in [6.07, 6.45) is 0.925. The molecular weight excluding hydrogens is 420 g/mol. The molecule has 1 fully saturated rings. The number of likely N-dealkylation sites (tertiary alicyclic amines) is 1. The highest BCUT2D eigenvalue weighted by molar-refractivity contribution is 6.06. The van der Waals surface area contributed by atoms with E-state index in [4.69, 9.17) is 9.47 Å². The fourth-order valence-corrected chi connectivity index (χ4v) is 3.16. The molecule has 10 nitrogen and oxygen atoms in total. The van der Waals surface area contributed by atoms with Gasteiger partial charge in [0.15, 0.2) is 0 Å². The van der Waals surface area contributed by atoms with E-state index in [-0.39, 0.29) is 11.1 Å². The molecule has 1 aromatic carbocycles. The van der Waals surface area contributed by atoms with E-state index in [1.54, 1.807) is 26.8 Å². The number of carbonyl (C=O) groups excluding carboxylic acids is 4. The number of benzene rings is 1. The van der Waals surface area contributed by atoms with Crippen molar-refractivity contribution in [3.05, 3.63) is 35.4 Å². The molecule has 1 saturated heterocycles. The fraction of sp³-hybridized carbons (Fsp3) is 0.500. The van der Waals surface area contributed by atoms with Gasteiger partial charge in [0.25, 0.3) is 5.91 Å². The molecule has 1 heterocycles. The number of hydrogen-bond acceptors (Lipinski definition) is 7. The highest BCUT2D eigenvalue weighted by Crippen LogP contribution is 2.19. The predicted octanol–water partition coefficient (Wildman–Crippen LogP) is 1.58. The number of carbonyl (C=O) groups is 5. The number of aliphatic carboxylic acids is 1. The van der Waals surface area contributed by atoms with Crippen molar-refractivity contribution >= 4 is 29.7 Å². The number of rotatable bonds is 7. The topological polar surface area (TPSA) is 139 Å². The van der Waals surface area contributed by atoms with E-state index in [1.165, 1.54) is 30.0 Å². The van der Waals surface area contributed by atoms with E-state index in [0.717, 1.165) is 0 Å². The number of amides is 2. The summed E-state index contributed by atoms with van der Waals surface area (Å²) < 4.78 is 9.86. The van der Waals surface area contributed by atoms with Gasteiger partial charge in [-0.25, -0.2) is 9.59 Å². The van der Waals surface area contributed by atoms with Crippen LogP contribution in [0.15, 0.2) is 24.3 Å². The molecule has 32 heavy (non-hydrogen) atoms. The molecule has 0 aromatic heterocycles. The zero-order valence-corrected chi connectivity index (χ0v) is 18.5. The summed E-state index contributed by atoms with van der Waals surface area (Å²) in [5.41, 5.74) is -0.862. The predicted molar refractivity (Wildman–Crippen MR) is 112 cm³/mol. The Morgan fingerprint density at radius 2 is 1.75 bits per heavy atom. The van der Waals surface area contributed by atoms with Crippen LogP contribution >= 0.6 is 0 Å². The highest BCUT2D eigenvalue weighted by atomic mass is 16.7. The van der Waals surface area contributed by atoms with Gasteiger partial charge in [-0.05, 0) is 52.7 Å². The minimum atomic E-state index is -1.09. The van der Waals surface area contributed by atoms with Gasteiger partial charge in [-0.2, -0.15) is 0 Å². The van der Waals surface area contributed by atoms with Gasteiger partial charge >= 0.3 is 17.9 Å². The van der Waals surface area contributed by atoms with Crippen LogP contribution in [0.2, 0.25) is 0 Å². The van der Waals surface area contributed by atoms with Gasteiger partial charge < -0.3 is 24.8 Å². The molecule has 0 bridgehead atoms. The van der Waals surface area contributed by atoms with Gasteiger partial charge in [0.1, 0.15) is 12.1 Å². The van der Waals surface area contributed by atoms with Crippen molar-refractivity contribution in [2.24, 2.45) is 5.41 Å². The number of nitrogens with one attached hydrogen (secondary N) is 1. The summed E-state index contributed by atoms with van der Waals surface area (Å²) in [5, 5.41) is 11.8. The Labute approximate surface area is 185 Å². The molecule has 2 atom stereocenters. The smallest absolute Gasteiger partial charge is 0.341 e. The van der Waals surface area contributed by atoms with E-state index in [1.807, 2.05) is 0 Å². The third kappa shape index (κ3) is 6.05. The van der Waals surface area contributed by atoms with Crippen molar-refractivity contribution in [2.75, 3.05) is 13.3 Å². The number of nitrogens with zero attached hydrogens (tertiary/aromatic N) is 1. The van der Waals surface area contributed by atoms with Crippen LogP contribution in [-0.2, 0) is 23.9 Å². The maximum Gasteiger partial charge on any atom is 0.341 e. The monoisotopic (exact) mass is 448 g/mol. The second-order valence-electron chi connectivity index (χ2n) is 8.50. The summed E-state index contributed by atoms with van der Waals surface area (Å²) in [6, 6.07) is 3.92. The normalized spacial score (nSPS) is 16.8. The number of esters is 2. The van der Waals surface area contributed by atoms with Crippen LogP contribution in [0.3, 0.4) is 0 Å². The molecule has 0 unspecified atom stereocenters. The summed E-state index contributed by atoms with van der Waals surface area (Å²) in [4.78, 5) is 62.1. The van der Waals surface area contributed by atoms with Crippen LogP contribution in [-0.4, -0.2) is 65.2 Å². The van der Waals surface area contributed by atoms with Gasteiger partial charge in [-0.1, -0.05) is 12.1 Å². The lowest BCUT2D eigenvalue weighted by Crippen LogP contribution is -2.50. The maximum absolute atomic E-state index is 12.7. The number of ether oxygens (including phenoxy) is 2. The van der Waals surface area contributed by atoms with Crippen LogP contribution in [0.5, 0.6) is 0 Å². The first-order chi connectivity index (χ1) is 14.9. The van der Waals surface area contributed by atoms with Crippen molar-refractivity contribution in [2.45, 2.75) is 52.6 Å². The molecule has 174 valence electrons. The van der Waals surface area contributed by atoms with E-state index in [2.05, 4.69) is 5.32 Å². The van der Waals surface area contributed by atoms with Crippen molar-refractivity contribution in [1.29, 1.82) is 0 Å². The summed E-state index contributed by atoms with van der Waals surface area (Å²) in [5.74, 6) is -3.73. The average molecular weight is 448 g/mol. The molecular formula is C22H28N2O8. The Kier molecular flexibility index (Phi) is 7.96. The molecule has 1 aromatic rings. The summed E-state index contributed by atoms with van der Waals surface area (Å²) in [6.45, 7) is 6.10. The molecule has 0 aliphatic carbocycles. The molecule has 2 amide bonds. The lowest BCUT2D eigenvalue weighted by atomic mass is 9.98. The first kappa shape index (κ1) is 24.8. The molecule has 1 aliphatic rings. The van der Waals surface area contributed by atoms with Crippen LogP contribution in [0.4, 0.5) is 0 Å². The lowest BCUT2D eigenvalue weighted by Gasteiger charge is -2.25. The minimum Gasteiger partial charge on any atom is -0.480 e. The van der Waals surface area contributed by atoms with E-state index < -0.39 is 54.0 Å². The molecule has 2 rings (SSSR count). The second kappa shape index (κ2) is 10.3. The Balaban J connectivity index is 2.03. The zero-order chi connectivity index (χ0) is 24.1. The van der Waals surface area contributed by atoms with Gasteiger partial charge in [0, 0.05) is 6.54 Å². The van der Waals surface area contributed by atoms with Crippen molar-refractivity contribution < 1.29 is 38.6 Å². The average Bonchev–Trinajstić information content (AvgIpc) is 3.22. The molecule has 10 heteroatoms. The van der Waals surface area contributed by atoms with E-state index in [9.17, 15) is 29.1 Å². The van der Waals surface area contributed by atoms with Crippen LogP contribution < -0.4 is 5.32 Å². The number of hydrogen-bond donors (Lipinski definition) is 2. The largest absolute Gasteiger partial charge is 0.480 e. The standard InChI is InChI=1S/C22H28N2O8/c1-13(18(26)24-11-7-10-16(24)19(27)28)23-17(25)14-8-5-6-9-15(14)20(29)31-12-32-21(30)22(2,3)4/h5-6,8-9,13,16H,7,10-12H2,1-4H3,(H,23,25)(H,27,28)/t13-,16-/m0/s1. The summed E-state index contributed by atoms with van der Waals surface area (Å²) in [7, 11) is 0. The molecule has 0 radical (unpaired) electrons. The Morgan fingerprint density at radius 3 is 2.34 bits per heavy atom. The fourth-order valence-electron chi connectivity index (χ4n) is 3.16. The quantitative estimate of drug-likeness (QED) is 0.473.